The topological polar surface area (TPSA) is 59.3 Å². The summed E-state index contributed by atoms with van der Waals surface area (Å²) in [7, 11) is 0. The van der Waals surface area contributed by atoms with E-state index in [1.807, 2.05) is 25.1 Å². The first-order valence-electron chi connectivity index (χ1n) is 8.41. The Morgan fingerprint density at radius 1 is 1.08 bits per heavy atom. The van der Waals surface area contributed by atoms with Crippen LogP contribution in [0.25, 0.3) is 4.96 Å². The molecule has 0 spiro atoms. The number of nitrogens with one attached hydrogen (secondary N) is 1. The maximum absolute atomic E-state index is 12.2. The Kier molecular flexibility index (Phi) is 4.50. The van der Waals surface area contributed by atoms with Crippen molar-refractivity contribution in [1.29, 1.82) is 0 Å². The fourth-order valence-corrected chi connectivity index (χ4v) is 3.66. The van der Waals surface area contributed by atoms with E-state index < -0.39 is 0 Å². The predicted octanol–water partition coefficient (Wildman–Crippen LogP) is 3.66. The van der Waals surface area contributed by atoms with Crippen LogP contribution in [0.15, 0.2) is 65.5 Å². The molecule has 2 aromatic heterocycles. The first-order chi connectivity index (χ1) is 12.7. The van der Waals surface area contributed by atoms with Crippen LogP contribution in [-0.2, 0) is 13.0 Å². The number of fused-ring (bicyclic) bond motifs is 1. The van der Waals surface area contributed by atoms with E-state index in [1.54, 1.807) is 6.07 Å². The van der Waals surface area contributed by atoms with Crippen molar-refractivity contribution >= 4 is 22.0 Å². The maximum Gasteiger partial charge on any atom is 0.275 e. The van der Waals surface area contributed by atoms with Gasteiger partial charge in [0.2, 0.25) is 4.96 Å². The Hall–Kier alpha value is -2.99. The molecule has 130 valence electrons. The Bertz CT molecular complexity index is 1100. The molecule has 0 bridgehead atoms. The van der Waals surface area contributed by atoms with Gasteiger partial charge in [-0.3, -0.25) is 4.79 Å². The molecule has 5 nitrogen and oxygen atoms in total. The lowest BCUT2D eigenvalue weighted by Crippen LogP contribution is -2.17. The maximum atomic E-state index is 12.2. The zero-order valence-corrected chi connectivity index (χ0v) is 15.2. The van der Waals surface area contributed by atoms with Gasteiger partial charge >= 0.3 is 0 Å². The molecule has 26 heavy (non-hydrogen) atoms. The standard InChI is InChI=1S/C20H18N4OS/c1-14-23-24-19(25)12-17(22-20(24)26-14)13-21-18-10-6-5-9-16(18)11-15-7-3-2-4-8-15/h2-10,12,21H,11,13H2,1H3. The molecular formula is C20H18N4OS. The summed E-state index contributed by atoms with van der Waals surface area (Å²) in [5, 5.41) is 8.42. The lowest BCUT2D eigenvalue weighted by molar-refractivity contribution is 0.863. The molecule has 4 aromatic rings. The number of para-hydroxylation sites is 1. The lowest BCUT2D eigenvalue weighted by Gasteiger charge is -2.12. The zero-order chi connectivity index (χ0) is 17.9. The third kappa shape index (κ3) is 3.50. The highest BCUT2D eigenvalue weighted by molar-refractivity contribution is 7.16. The largest absolute Gasteiger partial charge is 0.379 e. The SMILES string of the molecule is Cc1nn2c(=O)cc(CNc3ccccc3Cc3ccccc3)nc2s1. The second-order valence-electron chi connectivity index (χ2n) is 6.07. The van der Waals surface area contributed by atoms with E-state index in [-0.39, 0.29) is 5.56 Å². The summed E-state index contributed by atoms with van der Waals surface area (Å²) in [5.41, 5.74) is 4.10. The second kappa shape index (κ2) is 7.09. The van der Waals surface area contributed by atoms with Crippen molar-refractivity contribution in [2.45, 2.75) is 19.9 Å². The summed E-state index contributed by atoms with van der Waals surface area (Å²) in [4.78, 5) is 17.3. The van der Waals surface area contributed by atoms with Gasteiger partial charge in [-0.2, -0.15) is 9.61 Å². The van der Waals surface area contributed by atoms with Crippen LogP contribution in [0, 0.1) is 6.92 Å². The van der Waals surface area contributed by atoms with Gasteiger partial charge in [0.25, 0.3) is 5.56 Å². The number of rotatable bonds is 5. The smallest absolute Gasteiger partial charge is 0.275 e. The third-order valence-electron chi connectivity index (χ3n) is 4.11. The van der Waals surface area contributed by atoms with Gasteiger partial charge in [-0.25, -0.2) is 4.98 Å². The molecule has 2 heterocycles. The van der Waals surface area contributed by atoms with E-state index >= 15 is 0 Å². The minimum Gasteiger partial charge on any atom is -0.379 e. The fraction of sp³-hybridized carbons (Fsp3) is 0.150. The third-order valence-corrected chi connectivity index (χ3v) is 4.94. The Morgan fingerprint density at radius 2 is 1.85 bits per heavy atom. The predicted molar refractivity (Wildman–Crippen MR) is 105 cm³/mol. The van der Waals surface area contributed by atoms with Crippen molar-refractivity contribution in [2.24, 2.45) is 0 Å². The normalized spacial score (nSPS) is 11.0. The molecular weight excluding hydrogens is 344 g/mol. The van der Waals surface area contributed by atoms with E-state index in [2.05, 4.69) is 51.8 Å². The summed E-state index contributed by atoms with van der Waals surface area (Å²) in [6.45, 7) is 2.37. The van der Waals surface area contributed by atoms with Crippen LogP contribution in [-0.4, -0.2) is 14.6 Å². The van der Waals surface area contributed by atoms with Crippen LogP contribution in [0.1, 0.15) is 21.8 Å². The van der Waals surface area contributed by atoms with Crippen molar-refractivity contribution in [3.63, 3.8) is 0 Å². The van der Waals surface area contributed by atoms with E-state index in [0.29, 0.717) is 17.2 Å². The molecule has 0 aliphatic carbocycles. The number of aryl methyl sites for hydroxylation is 1. The van der Waals surface area contributed by atoms with Gasteiger partial charge in [0.15, 0.2) is 0 Å². The first kappa shape index (κ1) is 16.5. The van der Waals surface area contributed by atoms with Gasteiger partial charge < -0.3 is 5.32 Å². The van der Waals surface area contributed by atoms with Crippen LogP contribution >= 0.6 is 11.3 Å². The molecule has 6 heteroatoms. The molecule has 0 saturated carbocycles. The molecule has 2 aromatic carbocycles. The first-order valence-corrected chi connectivity index (χ1v) is 9.23. The molecule has 0 aliphatic rings. The molecule has 0 radical (unpaired) electrons. The summed E-state index contributed by atoms with van der Waals surface area (Å²) in [6, 6.07) is 20.1. The fourth-order valence-electron chi connectivity index (χ4n) is 2.89. The molecule has 1 N–H and O–H groups in total. The molecule has 0 aliphatic heterocycles. The van der Waals surface area contributed by atoms with Gasteiger partial charge in [-0.05, 0) is 30.5 Å². The summed E-state index contributed by atoms with van der Waals surface area (Å²) >= 11 is 1.42. The Morgan fingerprint density at radius 3 is 2.69 bits per heavy atom. The van der Waals surface area contributed by atoms with E-state index in [1.165, 1.54) is 27.0 Å². The van der Waals surface area contributed by atoms with E-state index in [4.69, 9.17) is 0 Å². The highest BCUT2D eigenvalue weighted by atomic mass is 32.1. The van der Waals surface area contributed by atoms with Gasteiger partial charge in [0.1, 0.15) is 5.01 Å². The minimum atomic E-state index is -0.145. The quantitative estimate of drug-likeness (QED) is 0.589. The molecule has 0 fully saturated rings. The minimum absolute atomic E-state index is 0.145. The number of benzene rings is 2. The molecule has 0 amide bonds. The number of anilines is 1. The van der Waals surface area contributed by atoms with Gasteiger partial charge in [0.05, 0.1) is 12.2 Å². The number of aromatic nitrogens is 3. The number of nitrogens with zero attached hydrogens (tertiary/aromatic N) is 3. The van der Waals surface area contributed by atoms with Gasteiger partial charge in [0, 0.05) is 11.8 Å². The number of hydrogen-bond acceptors (Lipinski definition) is 5. The van der Waals surface area contributed by atoms with Crippen LogP contribution in [0.3, 0.4) is 0 Å². The van der Waals surface area contributed by atoms with Crippen molar-refractivity contribution in [2.75, 3.05) is 5.32 Å². The highest BCUT2D eigenvalue weighted by Crippen LogP contribution is 2.20. The number of hydrogen-bond donors (Lipinski definition) is 1. The highest BCUT2D eigenvalue weighted by Gasteiger charge is 2.08. The average Bonchev–Trinajstić information content (AvgIpc) is 3.03. The average molecular weight is 362 g/mol. The second-order valence-corrected chi connectivity index (χ2v) is 7.23. The molecule has 0 saturated heterocycles. The molecule has 4 rings (SSSR count). The monoisotopic (exact) mass is 362 g/mol. The van der Waals surface area contributed by atoms with Gasteiger partial charge in [-0.15, -0.1) is 0 Å². The Labute approximate surface area is 155 Å². The zero-order valence-electron chi connectivity index (χ0n) is 14.3. The van der Waals surface area contributed by atoms with Crippen molar-refractivity contribution in [3.8, 4) is 0 Å². The lowest BCUT2D eigenvalue weighted by atomic mass is 10.0. The summed E-state index contributed by atoms with van der Waals surface area (Å²) in [5.74, 6) is 0. The van der Waals surface area contributed by atoms with Crippen molar-refractivity contribution in [1.82, 2.24) is 14.6 Å². The summed E-state index contributed by atoms with van der Waals surface area (Å²) in [6.07, 6.45) is 0.854. The van der Waals surface area contributed by atoms with Crippen LogP contribution in [0.5, 0.6) is 0 Å². The Balaban J connectivity index is 1.56. The summed E-state index contributed by atoms with van der Waals surface area (Å²) < 4.78 is 1.35. The molecule has 0 atom stereocenters. The van der Waals surface area contributed by atoms with Crippen molar-refractivity contribution < 1.29 is 0 Å². The van der Waals surface area contributed by atoms with Crippen LogP contribution in [0.4, 0.5) is 5.69 Å². The van der Waals surface area contributed by atoms with Crippen molar-refractivity contribution in [3.05, 3.63) is 92.8 Å². The van der Waals surface area contributed by atoms with E-state index in [0.717, 1.165) is 17.1 Å². The van der Waals surface area contributed by atoms with E-state index in [9.17, 15) is 4.79 Å². The van der Waals surface area contributed by atoms with Gasteiger partial charge in [-0.1, -0.05) is 59.9 Å². The van der Waals surface area contributed by atoms with Crippen LogP contribution < -0.4 is 10.9 Å². The molecule has 0 unspecified atom stereocenters. The van der Waals surface area contributed by atoms with Crippen LogP contribution in [0.2, 0.25) is 0 Å².